The van der Waals surface area contributed by atoms with Crippen LogP contribution in [0.1, 0.15) is 31.9 Å². The SMILES string of the molecule is CCOc1cc(C)ccc1CNC(=NC)NCC(C)(C)CN(C)C.I. The van der Waals surface area contributed by atoms with Crippen LogP contribution in [-0.4, -0.2) is 51.7 Å². The van der Waals surface area contributed by atoms with Crippen molar-refractivity contribution in [1.82, 2.24) is 15.5 Å². The lowest BCUT2D eigenvalue weighted by Crippen LogP contribution is -2.44. The average molecular weight is 462 g/mol. The summed E-state index contributed by atoms with van der Waals surface area (Å²) >= 11 is 0. The molecule has 0 aromatic heterocycles. The lowest BCUT2D eigenvalue weighted by molar-refractivity contribution is 0.241. The van der Waals surface area contributed by atoms with Crippen molar-refractivity contribution in [2.24, 2.45) is 10.4 Å². The first-order chi connectivity index (χ1) is 11.3. The fourth-order valence-corrected chi connectivity index (χ4v) is 2.73. The second-order valence-electron chi connectivity index (χ2n) is 7.23. The van der Waals surface area contributed by atoms with Crippen LogP contribution in [0.4, 0.5) is 0 Å². The minimum absolute atomic E-state index is 0. The topological polar surface area (TPSA) is 48.9 Å². The summed E-state index contributed by atoms with van der Waals surface area (Å²) in [6.07, 6.45) is 0. The Bertz CT molecular complexity index is 544. The average Bonchev–Trinajstić information content (AvgIpc) is 2.48. The van der Waals surface area contributed by atoms with Gasteiger partial charge in [-0.2, -0.15) is 0 Å². The van der Waals surface area contributed by atoms with Crippen molar-refractivity contribution in [1.29, 1.82) is 0 Å². The first-order valence-electron chi connectivity index (χ1n) is 8.59. The summed E-state index contributed by atoms with van der Waals surface area (Å²) in [5, 5.41) is 6.79. The standard InChI is InChI=1S/C19H34N4O.HI/c1-8-24-17-11-15(2)9-10-16(17)12-21-18(20-5)22-13-19(3,4)14-23(6)7;/h9-11H,8,12-14H2,1-7H3,(H2,20,21,22);1H. The lowest BCUT2D eigenvalue weighted by Gasteiger charge is -2.29. The molecule has 25 heavy (non-hydrogen) atoms. The normalized spacial score (nSPS) is 11.9. The van der Waals surface area contributed by atoms with Gasteiger partial charge in [-0.15, -0.1) is 24.0 Å². The number of aliphatic imine (C=N–C) groups is 1. The number of ether oxygens (including phenoxy) is 1. The monoisotopic (exact) mass is 462 g/mol. The van der Waals surface area contributed by atoms with E-state index in [0.29, 0.717) is 13.2 Å². The van der Waals surface area contributed by atoms with Gasteiger partial charge in [0.15, 0.2) is 5.96 Å². The molecule has 0 spiro atoms. The van der Waals surface area contributed by atoms with Crippen molar-refractivity contribution < 1.29 is 4.74 Å². The quantitative estimate of drug-likeness (QED) is 0.354. The molecule has 1 aromatic rings. The second-order valence-corrected chi connectivity index (χ2v) is 7.23. The van der Waals surface area contributed by atoms with E-state index >= 15 is 0 Å². The molecule has 1 aromatic carbocycles. The van der Waals surface area contributed by atoms with Gasteiger partial charge >= 0.3 is 0 Å². The predicted octanol–water partition coefficient (Wildman–Crippen LogP) is 3.26. The zero-order valence-electron chi connectivity index (χ0n) is 16.8. The Morgan fingerprint density at radius 2 is 1.92 bits per heavy atom. The summed E-state index contributed by atoms with van der Waals surface area (Å²) in [7, 11) is 6.00. The maximum atomic E-state index is 5.74. The van der Waals surface area contributed by atoms with E-state index in [0.717, 1.165) is 30.4 Å². The van der Waals surface area contributed by atoms with E-state index in [1.165, 1.54) is 5.56 Å². The third-order valence-electron chi connectivity index (χ3n) is 3.67. The Morgan fingerprint density at radius 1 is 1.24 bits per heavy atom. The Morgan fingerprint density at radius 3 is 2.48 bits per heavy atom. The first kappa shape index (κ1) is 24.0. The number of halogens is 1. The van der Waals surface area contributed by atoms with Gasteiger partial charge < -0.3 is 20.3 Å². The first-order valence-corrected chi connectivity index (χ1v) is 8.59. The molecular weight excluding hydrogens is 427 g/mol. The van der Waals surface area contributed by atoms with Crippen molar-refractivity contribution in [2.45, 2.75) is 34.2 Å². The summed E-state index contributed by atoms with van der Waals surface area (Å²) < 4.78 is 5.74. The van der Waals surface area contributed by atoms with Crippen molar-refractivity contribution in [3.05, 3.63) is 29.3 Å². The molecule has 0 unspecified atom stereocenters. The zero-order valence-corrected chi connectivity index (χ0v) is 19.1. The number of guanidine groups is 1. The smallest absolute Gasteiger partial charge is 0.191 e. The molecule has 0 fully saturated rings. The van der Waals surface area contributed by atoms with Gasteiger partial charge in [0.25, 0.3) is 0 Å². The van der Waals surface area contributed by atoms with Crippen molar-refractivity contribution in [3.63, 3.8) is 0 Å². The Hall–Kier alpha value is -1.02. The van der Waals surface area contributed by atoms with E-state index in [9.17, 15) is 0 Å². The van der Waals surface area contributed by atoms with Gasteiger partial charge in [0.2, 0.25) is 0 Å². The molecule has 144 valence electrons. The fourth-order valence-electron chi connectivity index (χ4n) is 2.73. The zero-order chi connectivity index (χ0) is 18.2. The third-order valence-corrected chi connectivity index (χ3v) is 3.67. The molecule has 2 N–H and O–H groups in total. The van der Waals surface area contributed by atoms with E-state index in [2.05, 4.69) is 73.6 Å². The van der Waals surface area contributed by atoms with Gasteiger partial charge in [-0.1, -0.05) is 26.0 Å². The predicted molar refractivity (Wildman–Crippen MR) is 118 cm³/mol. The van der Waals surface area contributed by atoms with Crippen LogP contribution in [0.15, 0.2) is 23.2 Å². The largest absolute Gasteiger partial charge is 0.494 e. The lowest BCUT2D eigenvalue weighted by atomic mass is 9.93. The highest BCUT2D eigenvalue weighted by atomic mass is 127. The van der Waals surface area contributed by atoms with E-state index in [4.69, 9.17) is 4.74 Å². The van der Waals surface area contributed by atoms with Crippen LogP contribution in [0.3, 0.4) is 0 Å². The number of nitrogens with one attached hydrogen (secondary N) is 2. The summed E-state index contributed by atoms with van der Waals surface area (Å²) in [5.41, 5.74) is 2.51. The van der Waals surface area contributed by atoms with Crippen molar-refractivity contribution in [2.75, 3.05) is 40.8 Å². The molecular formula is C19H35IN4O. The van der Waals surface area contributed by atoms with Crippen LogP contribution in [0.5, 0.6) is 5.75 Å². The summed E-state index contributed by atoms with van der Waals surface area (Å²) in [6, 6.07) is 6.30. The molecule has 0 saturated carbocycles. The Labute approximate surface area is 170 Å². The minimum Gasteiger partial charge on any atom is -0.494 e. The molecule has 0 atom stereocenters. The number of nitrogens with zero attached hydrogens (tertiary/aromatic N) is 2. The van der Waals surface area contributed by atoms with Gasteiger partial charge in [0, 0.05) is 32.2 Å². The number of rotatable bonds is 8. The Kier molecular flexibility index (Phi) is 11.1. The van der Waals surface area contributed by atoms with Gasteiger partial charge in [-0.3, -0.25) is 4.99 Å². The molecule has 0 saturated heterocycles. The van der Waals surface area contributed by atoms with E-state index in [1.807, 2.05) is 6.92 Å². The highest BCUT2D eigenvalue weighted by Crippen LogP contribution is 2.20. The highest BCUT2D eigenvalue weighted by molar-refractivity contribution is 14.0. The molecule has 0 amide bonds. The maximum Gasteiger partial charge on any atom is 0.191 e. The third kappa shape index (κ3) is 9.30. The number of hydrogen-bond donors (Lipinski definition) is 2. The molecule has 0 bridgehead atoms. The minimum atomic E-state index is 0. The molecule has 1 rings (SSSR count). The summed E-state index contributed by atoms with van der Waals surface area (Å²) in [5.74, 6) is 1.75. The van der Waals surface area contributed by atoms with Crippen LogP contribution in [0, 0.1) is 12.3 Å². The summed E-state index contributed by atoms with van der Waals surface area (Å²) in [6.45, 7) is 11.8. The number of benzene rings is 1. The van der Waals surface area contributed by atoms with Crippen LogP contribution >= 0.6 is 24.0 Å². The number of aryl methyl sites for hydroxylation is 1. The van der Waals surface area contributed by atoms with E-state index in [1.54, 1.807) is 7.05 Å². The summed E-state index contributed by atoms with van der Waals surface area (Å²) in [4.78, 5) is 6.53. The van der Waals surface area contributed by atoms with Gasteiger partial charge in [0.1, 0.15) is 5.75 Å². The van der Waals surface area contributed by atoms with Gasteiger partial charge in [-0.25, -0.2) is 0 Å². The van der Waals surface area contributed by atoms with E-state index in [-0.39, 0.29) is 29.4 Å². The van der Waals surface area contributed by atoms with Crippen molar-refractivity contribution >= 4 is 29.9 Å². The van der Waals surface area contributed by atoms with E-state index < -0.39 is 0 Å². The highest BCUT2D eigenvalue weighted by Gasteiger charge is 2.19. The maximum absolute atomic E-state index is 5.74. The molecule has 5 nitrogen and oxygen atoms in total. The second kappa shape index (κ2) is 11.6. The van der Waals surface area contributed by atoms with Crippen LogP contribution < -0.4 is 15.4 Å². The van der Waals surface area contributed by atoms with Crippen LogP contribution in [0.25, 0.3) is 0 Å². The number of hydrogen-bond acceptors (Lipinski definition) is 3. The fraction of sp³-hybridized carbons (Fsp3) is 0.632. The molecule has 0 radical (unpaired) electrons. The molecule has 0 aliphatic heterocycles. The van der Waals surface area contributed by atoms with Crippen LogP contribution in [0.2, 0.25) is 0 Å². The molecule has 6 heteroatoms. The van der Waals surface area contributed by atoms with Crippen molar-refractivity contribution in [3.8, 4) is 5.75 Å². The van der Waals surface area contributed by atoms with Crippen LogP contribution in [-0.2, 0) is 6.54 Å². The van der Waals surface area contributed by atoms with Gasteiger partial charge in [-0.05, 0) is 45.0 Å². The van der Waals surface area contributed by atoms with Gasteiger partial charge in [0.05, 0.1) is 6.61 Å². The Balaban J connectivity index is 0.00000576. The molecule has 0 heterocycles. The molecule has 0 aliphatic carbocycles. The molecule has 0 aliphatic rings.